The molecule has 138 valence electrons. The van der Waals surface area contributed by atoms with Crippen LogP contribution in [-0.2, 0) is 11.2 Å². The van der Waals surface area contributed by atoms with E-state index in [0.29, 0.717) is 5.11 Å². The second kappa shape index (κ2) is 9.01. The van der Waals surface area contributed by atoms with E-state index in [1.54, 1.807) is 0 Å². The largest absolute Gasteiger partial charge is 0.378 e. The first-order chi connectivity index (χ1) is 12.7. The lowest BCUT2D eigenvalue weighted by Crippen LogP contribution is -2.36. The second-order valence-corrected chi connectivity index (χ2v) is 6.97. The van der Waals surface area contributed by atoms with Gasteiger partial charge in [-0.2, -0.15) is 0 Å². The summed E-state index contributed by atoms with van der Waals surface area (Å²) in [6, 6.07) is 17.2. The van der Waals surface area contributed by atoms with Crippen molar-refractivity contribution in [3.63, 3.8) is 0 Å². The van der Waals surface area contributed by atoms with Gasteiger partial charge in [0, 0.05) is 24.5 Å². The first kappa shape index (κ1) is 18.7. The first-order valence-electron chi connectivity index (χ1n) is 9.25. The third kappa shape index (κ3) is 4.96. The van der Waals surface area contributed by atoms with Crippen molar-refractivity contribution in [2.75, 3.05) is 36.5 Å². The summed E-state index contributed by atoms with van der Waals surface area (Å²) in [5.74, 6) is 0. The van der Waals surface area contributed by atoms with Crippen LogP contribution in [0, 0.1) is 0 Å². The Bertz CT molecular complexity index is 709. The van der Waals surface area contributed by atoms with Crippen molar-refractivity contribution in [2.24, 2.45) is 0 Å². The number of thiocarbonyl (C=S) groups is 1. The van der Waals surface area contributed by atoms with Gasteiger partial charge in [0.2, 0.25) is 0 Å². The van der Waals surface area contributed by atoms with Crippen LogP contribution in [0.3, 0.4) is 0 Å². The molecule has 0 aliphatic carbocycles. The van der Waals surface area contributed by atoms with Crippen LogP contribution in [-0.4, -0.2) is 31.4 Å². The zero-order valence-electron chi connectivity index (χ0n) is 15.5. The quantitative estimate of drug-likeness (QED) is 0.775. The standard InChI is InChI=1S/C21H27N3OS/c1-3-17-4-8-19(9-5-17)23-21(26)22-16(2)18-6-10-20(11-7-18)24-12-14-25-15-13-24/h4-11,16H,3,12-15H2,1-2H3,(H2,22,23,26)/t16-/m0/s1. The summed E-state index contributed by atoms with van der Waals surface area (Å²) in [5, 5.41) is 7.25. The van der Waals surface area contributed by atoms with Crippen LogP contribution in [0.4, 0.5) is 11.4 Å². The fourth-order valence-corrected chi connectivity index (χ4v) is 3.36. The fraction of sp³-hybridized carbons (Fsp3) is 0.381. The lowest BCUT2D eigenvalue weighted by Gasteiger charge is -2.29. The summed E-state index contributed by atoms with van der Waals surface area (Å²) in [6.45, 7) is 7.80. The lowest BCUT2D eigenvalue weighted by molar-refractivity contribution is 0.122. The predicted molar refractivity (Wildman–Crippen MR) is 113 cm³/mol. The number of morpholine rings is 1. The van der Waals surface area contributed by atoms with E-state index < -0.39 is 0 Å². The molecule has 0 aromatic heterocycles. The summed E-state index contributed by atoms with van der Waals surface area (Å²) in [4.78, 5) is 2.36. The predicted octanol–water partition coefficient (Wildman–Crippen LogP) is 4.13. The molecule has 0 spiro atoms. The van der Waals surface area contributed by atoms with Gasteiger partial charge < -0.3 is 20.3 Å². The Balaban J connectivity index is 1.54. The monoisotopic (exact) mass is 369 g/mol. The van der Waals surface area contributed by atoms with Crippen molar-refractivity contribution in [1.29, 1.82) is 0 Å². The Kier molecular flexibility index (Phi) is 6.47. The molecule has 2 N–H and O–H groups in total. The third-order valence-electron chi connectivity index (χ3n) is 4.74. The molecule has 0 saturated carbocycles. The van der Waals surface area contributed by atoms with Gasteiger partial charge in [0.1, 0.15) is 0 Å². The third-order valence-corrected chi connectivity index (χ3v) is 4.96. The highest BCUT2D eigenvalue weighted by molar-refractivity contribution is 7.80. The van der Waals surface area contributed by atoms with E-state index in [0.717, 1.165) is 38.4 Å². The average molecular weight is 370 g/mol. The van der Waals surface area contributed by atoms with Gasteiger partial charge in [0.05, 0.1) is 19.3 Å². The summed E-state index contributed by atoms with van der Waals surface area (Å²) in [6.07, 6.45) is 1.04. The van der Waals surface area contributed by atoms with E-state index in [1.807, 2.05) is 0 Å². The normalized spacial score (nSPS) is 15.4. The molecule has 1 fully saturated rings. The van der Waals surface area contributed by atoms with Gasteiger partial charge in [-0.1, -0.05) is 31.2 Å². The lowest BCUT2D eigenvalue weighted by atomic mass is 10.1. The number of rotatable bonds is 5. The molecule has 1 aliphatic rings. The average Bonchev–Trinajstić information content (AvgIpc) is 2.69. The maximum atomic E-state index is 5.46. The minimum absolute atomic E-state index is 0.142. The van der Waals surface area contributed by atoms with Crippen molar-refractivity contribution in [3.05, 3.63) is 59.7 Å². The molecule has 0 unspecified atom stereocenters. The van der Waals surface area contributed by atoms with Gasteiger partial charge in [-0.05, 0) is 61.0 Å². The van der Waals surface area contributed by atoms with Gasteiger partial charge in [-0.3, -0.25) is 0 Å². The van der Waals surface area contributed by atoms with Gasteiger partial charge in [0.25, 0.3) is 0 Å². The summed E-state index contributed by atoms with van der Waals surface area (Å²) < 4.78 is 5.42. The number of hydrogen-bond acceptors (Lipinski definition) is 3. The maximum Gasteiger partial charge on any atom is 0.171 e. The molecule has 26 heavy (non-hydrogen) atoms. The molecule has 5 heteroatoms. The number of anilines is 2. The maximum absolute atomic E-state index is 5.46. The molecule has 1 heterocycles. The molecule has 1 atom stereocenters. The molecule has 3 rings (SSSR count). The Morgan fingerprint density at radius 2 is 1.73 bits per heavy atom. The molecule has 2 aromatic rings. The van der Waals surface area contributed by atoms with Crippen LogP contribution in [0.15, 0.2) is 48.5 Å². The van der Waals surface area contributed by atoms with E-state index in [-0.39, 0.29) is 6.04 Å². The molecule has 0 bridgehead atoms. The van der Waals surface area contributed by atoms with Crippen molar-refractivity contribution < 1.29 is 4.74 Å². The smallest absolute Gasteiger partial charge is 0.171 e. The highest BCUT2D eigenvalue weighted by Gasteiger charge is 2.12. The van der Waals surface area contributed by atoms with Crippen LogP contribution in [0.25, 0.3) is 0 Å². The summed E-state index contributed by atoms with van der Waals surface area (Å²) in [5.41, 5.74) is 4.80. The highest BCUT2D eigenvalue weighted by Crippen LogP contribution is 2.20. The number of benzene rings is 2. The zero-order chi connectivity index (χ0) is 18.4. The topological polar surface area (TPSA) is 36.5 Å². The Morgan fingerprint density at radius 3 is 2.35 bits per heavy atom. The van der Waals surface area contributed by atoms with E-state index in [9.17, 15) is 0 Å². The van der Waals surface area contributed by atoms with Crippen molar-refractivity contribution in [2.45, 2.75) is 26.3 Å². The van der Waals surface area contributed by atoms with Crippen molar-refractivity contribution in [3.8, 4) is 0 Å². The van der Waals surface area contributed by atoms with Gasteiger partial charge in [-0.25, -0.2) is 0 Å². The Hall–Kier alpha value is -2.11. The number of nitrogens with zero attached hydrogens (tertiary/aromatic N) is 1. The van der Waals surface area contributed by atoms with E-state index >= 15 is 0 Å². The highest BCUT2D eigenvalue weighted by atomic mass is 32.1. The molecule has 2 aromatic carbocycles. The Morgan fingerprint density at radius 1 is 1.08 bits per heavy atom. The van der Waals surface area contributed by atoms with Crippen LogP contribution in [0.1, 0.15) is 31.0 Å². The minimum atomic E-state index is 0.142. The number of nitrogens with one attached hydrogen (secondary N) is 2. The van der Waals surface area contributed by atoms with Gasteiger partial charge in [-0.15, -0.1) is 0 Å². The van der Waals surface area contributed by atoms with Crippen molar-refractivity contribution in [1.82, 2.24) is 5.32 Å². The Labute approximate surface area is 161 Å². The number of ether oxygens (including phenoxy) is 1. The minimum Gasteiger partial charge on any atom is -0.378 e. The van der Waals surface area contributed by atoms with Crippen molar-refractivity contribution >= 4 is 28.7 Å². The first-order valence-corrected chi connectivity index (χ1v) is 9.65. The zero-order valence-corrected chi connectivity index (χ0v) is 16.3. The van der Waals surface area contributed by atoms with Crippen LogP contribution >= 0.6 is 12.2 Å². The SMILES string of the molecule is CCc1ccc(NC(=S)N[C@@H](C)c2ccc(N3CCOCC3)cc2)cc1. The number of hydrogen-bond donors (Lipinski definition) is 2. The molecule has 1 aliphatic heterocycles. The summed E-state index contributed by atoms with van der Waals surface area (Å²) in [7, 11) is 0. The second-order valence-electron chi connectivity index (χ2n) is 6.56. The summed E-state index contributed by atoms with van der Waals surface area (Å²) >= 11 is 5.46. The molecule has 0 amide bonds. The van der Waals surface area contributed by atoms with Crippen LogP contribution < -0.4 is 15.5 Å². The van der Waals surface area contributed by atoms with E-state index in [4.69, 9.17) is 17.0 Å². The van der Waals surface area contributed by atoms with Gasteiger partial charge >= 0.3 is 0 Å². The number of aryl methyl sites for hydroxylation is 1. The molecule has 1 saturated heterocycles. The van der Waals surface area contributed by atoms with Crippen LogP contribution in [0.2, 0.25) is 0 Å². The fourth-order valence-electron chi connectivity index (χ4n) is 3.07. The molecule has 4 nitrogen and oxygen atoms in total. The van der Waals surface area contributed by atoms with Gasteiger partial charge in [0.15, 0.2) is 5.11 Å². The molecular weight excluding hydrogens is 342 g/mol. The van der Waals surface area contributed by atoms with E-state index in [1.165, 1.54) is 16.8 Å². The van der Waals surface area contributed by atoms with Crippen LogP contribution in [0.5, 0.6) is 0 Å². The van der Waals surface area contributed by atoms with E-state index in [2.05, 4.69) is 77.9 Å². The molecule has 0 radical (unpaired) electrons. The molecular formula is C21H27N3OS.